The first-order valence-electron chi connectivity index (χ1n) is 3.50. The maximum Gasteiger partial charge on any atom is 0.0960 e. The molecule has 0 atom stereocenters. The summed E-state index contributed by atoms with van der Waals surface area (Å²) in [5.74, 6) is 0. The Kier molecular flexibility index (Phi) is 0.982. The highest BCUT2D eigenvalue weighted by Gasteiger charge is 2.23. The van der Waals surface area contributed by atoms with Gasteiger partial charge in [0.2, 0.25) is 0 Å². The van der Waals surface area contributed by atoms with Gasteiger partial charge in [0.15, 0.2) is 0 Å². The van der Waals surface area contributed by atoms with Crippen molar-refractivity contribution in [2.75, 3.05) is 0 Å². The molecule has 1 aliphatic rings. The summed E-state index contributed by atoms with van der Waals surface area (Å²) in [6.07, 6.45) is 4.39. The van der Waals surface area contributed by atoms with Crippen LogP contribution in [0.1, 0.15) is 18.9 Å². The van der Waals surface area contributed by atoms with Gasteiger partial charge in [0, 0.05) is 6.04 Å². The lowest BCUT2D eigenvalue weighted by atomic mass is 10.6. The van der Waals surface area contributed by atoms with Gasteiger partial charge in [0.1, 0.15) is 0 Å². The van der Waals surface area contributed by atoms with Crippen LogP contribution in [0.25, 0.3) is 13.2 Å². The zero-order valence-corrected chi connectivity index (χ0v) is 5.88. The minimum absolute atomic E-state index is 0.676. The highest BCUT2D eigenvalue weighted by atomic mass is 15.1. The number of hydrogen-bond donors (Lipinski definition) is 0. The minimum atomic E-state index is 0.676. The summed E-state index contributed by atoms with van der Waals surface area (Å²) < 4.78 is 2.11. The van der Waals surface area contributed by atoms with Crippen molar-refractivity contribution in [3.05, 3.63) is 17.0 Å². The standard InChI is InChI=1S/C8H10N2/c1-6-7(2)10(5-9-6)8-3-4-8/h5,8H,1-4H2. The molecule has 0 amide bonds. The zero-order chi connectivity index (χ0) is 7.14. The Morgan fingerprint density at radius 3 is 2.60 bits per heavy atom. The number of imidazole rings is 1. The molecule has 0 saturated heterocycles. The lowest BCUT2D eigenvalue weighted by Crippen LogP contribution is -2.26. The predicted octanol–water partition coefficient (Wildman–Crippen LogP) is 0.0386. The summed E-state index contributed by atoms with van der Waals surface area (Å²) in [6, 6.07) is 0.676. The summed E-state index contributed by atoms with van der Waals surface area (Å²) in [7, 11) is 0. The van der Waals surface area contributed by atoms with Gasteiger partial charge in [-0.25, -0.2) is 4.98 Å². The van der Waals surface area contributed by atoms with E-state index in [0.29, 0.717) is 6.04 Å². The van der Waals surface area contributed by atoms with Gasteiger partial charge in [0.25, 0.3) is 0 Å². The molecule has 0 radical (unpaired) electrons. The van der Waals surface area contributed by atoms with Crippen LogP contribution in [-0.2, 0) is 0 Å². The molecule has 0 aliphatic heterocycles. The SMILES string of the molecule is C=c1ncn(C2CC2)c1=C. The molecule has 0 aromatic carbocycles. The molecule has 1 aromatic heterocycles. The Morgan fingerprint density at radius 1 is 1.50 bits per heavy atom. The second kappa shape index (κ2) is 1.72. The Hall–Kier alpha value is -1.05. The third kappa shape index (κ3) is 0.685. The largest absolute Gasteiger partial charge is 0.328 e. The molecule has 1 aliphatic carbocycles. The van der Waals surface area contributed by atoms with Gasteiger partial charge in [-0.1, -0.05) is 13.2 Å². The summed E-state index contributed by atoms with van der Waals surface area (Å²) in [5, 5.41) is 1.79. The normalized spacial score (nSPS) is 17.6. The second-order valence-corrected chi connectivity index (χ2v) is 2.78. The molecule has 52 valence electrons. The van der Waals surface area contributed by atoms with Crippen LogP contribution >= 0.6 is 0 Å². The van der Waals surface area contributed by atoms with E-state index < -0.39 is 0 Å². The van der Waals surface area contributed by atoms with Crippen molar-refractivity contribution < 1.29 is 0 Å². The van der Waals surface area contributed by atoms with Crippen LogP contribution in [-0.4, -0.2) is 9.55 Å². The monoisotopic (exact) mass is 134 g/mol. The van der Waals surface area contributed by atoms with E-state index in [-0.39, 0.29) is 0 Å². The average molecular weight is 134 g/mol. The maximum absolute atomic E-state index is 4.07. The summed E-state index contributed by atoms with van der Waals surface area (Å²) in [6.45, 7) is 7.64. The number of aromatic nitrogens is 2. The second-order valence-electron chi connectivity index (χ2n) is 2.78. The fraction of sp³-hybridized carbons (Fsp3) is 0.375. The molecule has 10 heavy (non-hydrogen) atoms. The maximum atomic E-state index is 4.07. The molecule has 1 heterocycles. The van der Waals surface area contributed by atoms with Gasteiger partial charge in [-0.15, -0.1) is 0 Å². The minimum Gasteiger partial charge on any atom is -0.328 e. The van der Waals surface area contributed by atoms with E-state index in [9.17, 15) is 0 Å². The molecule has 0 bridgehead atoms. The van der Waals surface area contributed by atoms with Crippen molar-refractivity contribution in [3.63, 3.8) is 0 Å². The van der Waals surface area contributed by atoms with Crippen LogP contribution in [0, 0.1) is 0 Å². The van der Waals surface area contributed by atoms with Gasteiger partial charge < -0.3 is 4.57 Å². The van der Waals surface area contributed by atoms with E-state index in [0.717, 1.165) is 10.7 Å². The van der Waals surface area contributed by atoms with Crippen molar-refractivity contribution in [2.45, 2.75) is 18.9 Å². The van der Waals surface area contributed by atoms with Crippen LogP contribution in [0.4, 0.5) is 0 Å². The topological polar surface area (TPSA) is 17.8 Å². The quantitative estimate of drug-likeness (QED) is 0.530. The van der Waals surface area contributed by atoms with Crippen LogP contribution in [0.3, 0.4) is 0 Å². The van der Waals surface area contributed by atoms with Crippen molar-refractivity contribution in [1.29, 1.82) is 0 Å². The number of rotatable bonds is 1. The first-order chi connectivity index (χ1) is 4.79. The highest BCUT2D eigenvalue weighted by molar-refractivity contribution is 5.06. The Balaban J connectivity index is 2.60. The molecule has 1 aromatic rings. The molecule has 0 spiro atoms. The lowest BCUT2D eigenvalue weighted by molar-refractivity contribution is 0.720. The van der Waals surface area contributed by atoms with E-state index in [1.165, 1.54) is 12.8 Å². The van der Waals surface area contributed by atoms with E-state index in [2.05, 4.69) is 22.7 Å². The van der Waals surface area contributed by atoms with E-state index in [1.54, 1.807) is 0 Å². The highest BCUT2D eigenvalue weighted by Crippen LogP contribution is 2.32. The van der Waals surface area contributed by atoms with E-state index in [1.807, 2.05) is 6.33 Å². The molecule has 2 nitrogen and oxygen atoms in total. The fourth-order valence-electron chi connectivity index (χ4n) is 1.09. The molecule has 0 N–H and O–H groups in total. The smallest absolute Gasteiger partial charge is 0.0960 e. The zero-order valence-electron chi connectivity index (χ0n) is 5.88. The van der Waals surface area contributed by atoms with Gasteiger partial charge in [-0.3, -0.25) is 0 Å². The summed E-state index contributed by atoms with van der Waals surface area (Å²) in [5.41, 5.74) is 0. The first kappa shape index (κ1) is 5.71. The van der Waals surface area contributed by atoms with Crippen LogP contribution in [0.5, 0.6) is 0 Å². The van der Waals surface area contributed by atoms with Crippen molar-refractivity contribution in [2.24, 2.45) is 0 Å². The van der Waals surface area contributed by atoms with Gasteiger partial charge in [0.05, 0.1) is 17.0 Å². The average Bonchev–Trinajstić information content (AvgIpc) is 2.67. The fourth-order valence-corrected chi connectivity index (χ4v) is 1.09. The lowest BCUT2D eigenvalue weighted by Gasteiger charge is -1.94. The summed E-state index contributed by atoms with van der Waals surface area (Å²) >= 11 is 0. The van der Waals surface area contributed by atoms with Gasteiger partial charge in [-0.05, 0) is 12.8 Å². The summed E-state index contributed by atoms with van der Waals surface area (Å²) in [4.78, 5) is 4.07. The Labute approximate surface area is 59.5 Å². The first-order valence-corrected chi connectivity index (χ1v) is 3.50. The molecule has 1 fully saturated rings. The predicted molar refractivity (Wildman–Crippen MR) is 40.8 cm³/mol. The Morgan fingerprint density at radius 2 is 2.20 bits per heavy atom. The molecular weight excluding hydrogens is 124 g/mol. The number of nitrogens with zero attached hydrogens (tertiary/aromatic N) is 2. The van der Waals surface area contributed by atoms with Crippen LogP contribution < -0.4 is 10.7 Å². The van der Waals surface area contributed by atoms with Crippen molar-refractivity contribution in [1.82, 2.24) is 9.55 Å². The van der Waals surface area contributed by atoms with Gasteiger partial charge in [-0.2, -0.15) is 0 Å². The molecule has 1 saturated carbocycles. The Bertz CT molecular complexity index is 333. The van der Waals surface area contributed by atoms with Gasteiger partial charge >= 0.3 is 0 Å². The van der Waals surface area contributed by atoms with Crippen LogP contribution in [0.2, 0.25) is 0 Å². The molecule has 2 rings (SSSR count). The third-order valence-corrected chi connectivity index (χ3v) is 1.92. The van der Waals surface area contributed by atoms with E-state index in [4.69, 9.17) is 0 Å². The molecular formula is C8H10N2. The van der Waals surface area contributed by atoms with Crippen LogP contribution in [0.15, 0.2) is 6.33 Å². The van der Waals surface area contributed by atoms with Crippen molar-refractivity contribution in [3.8, 4) is 0 Å². The number of hydrogen-bond acceptors (Lipinski definition) is 1. The third-order valence-electron chi connectivity index (χ3n) is 1.92. The van der Waals surface area contributed by atoms with Crippen molar-refractivity contribution >= 4 is 13.2 Å². The molecule has 0 unspecified atom stereocenters. The molecule has 2 heteroatoms. The van der Waals surface area contributed by atoms with E-state index >= 15 is 0 Å².